The lowest BCUT2D eigenvalue weighted by Gasteiger charge is -2.25. The van der Waals surface area contributed by atoms with Crippen LogP contribution in [0.3, 0.4) is 0 Å². The Morgan fingerprint density at radius 1 is 1.23 bits per heavy atom. The summed E-state index contributed by atoms with van der Waals surface area (Å²) in [4.78, 5) is 16.9. The lowest BCUT2D eigenvalue weighted by atomic mass is 10.2. The third-order valence-corrected chi connectivity index (χ3v) is 7.21. The highest BCUT2D eigenvalue weighted by atomic mass is 32.2. The molecule has 0 radical (unpaired) electrons. The standard InChI is InChI=1S/C18H14F3N3O5S2/c19-18(20,21)29-11-3-5-12(6-4-11)31(26,27)24-8-7-13-15(10-24)30-17(22-13)23-16(25)14-2-1-9-28-14/h1-6,9H,7-8,10H2,(H,22,23,25). The monoisotopic (exact) mass is 473 g/mol. The van der Waals surface area contributed by atoms with Crippen molar-refractivity contribution in [2.24, 2.45) is 0 Å². The number of hydrogen-bond donors (Lipinski definition) is 1. The fraction of sp³-hybridized carbons (Fsp3) is 0.222. The number of nitrogens with one attached hydrogen (secondary N) is 1. The number of furan rings is 1. The van der Waals surface area contributed by atoms with Crippen molar-refractivity contribution < 1.29 is 35.5 Å². The number of thiazole rings is 1. The van der Waals surface area contributed by atoms with Gasteiger partial charge in [-0.2, -0.15) is 4.31 Å². The van der Waals surface area contributed by atoms with Gasteiger partial charge in [-0.25, -0.2) is 13.4 Å². The smallest absolute Gasteiger partial charge is 0.459 e. The molecule has 0 saturated carbocycles. The maximum absolute atomic E-state index is 12.9. The number of halogens is 3. The third-order valence-electron chi connectivity index (χ3n) is 4.36. The molecule has 1 aromatic carbocycles. The number of rotatable bonds is 5. The Kier molecular flexibility index (Phi) is 5.49. The minimum Gasteiger partial charge on any atom is -0.459 e. The number of fused-ring (bicyclic) bond motifs is 1. The van der Waals surface area contributed by atoms with E-state index in [4.69, 9.17) is 4.42 Å². The Morgan fingerprint density at radius 2 is 1.97 bits per heavy atom. The van der Waals surface area contributed by atoms with Gasteiger partial charge in [0.2, 0.25) is 10.0 Å². The molecule has 1 aliphatic heterocycles. The number of anilines is 1. The Labute approximate surface area is 178 Å². The van der Waals surface area contributed by atoms with Crippen LogP contribution in [0.15, 0.2) is 52.0 Å². The summed E-state index contributed by atoms with van der Waals surface area (Å²) in [6.45, 7) is 0.179. The van der Waals surface area contributed by atoms with E-state index < -0.39 is 28.0 Å². The van der Waals surface area contributed by atoms with Gasteiger partial charge in [-0.3, -0.25) is 10.1 Å². The first kappa shape index (κ1) is 21.3. The van der Waals surface area contributed by atoms with E-state index in [1.807, 2.05) is 0 Å². The SMILES string of the molecule is O=C(Nc1nc2c(s1)CN(S(=O)(=O)c1ccc(OC(F)(F)F)cc1)CC2)c1ccco1. The van der Waals surface area contributed by atoms with E-state index in [-0.39, 0.29) is 23.7 Å². The highest BCUT2D eigenvalue weighted by Gasteiger charge is 2.33. The Bertz CT molecular complexity index is 1190. The average molecular weight is 473 g/mol. The van der Waals surface area contributed by atoms with Crippen molar-refractivity contribution >= 4 is 32.4 Å². The molecule has 8 nitrogen and oxygen atoms in total. The number of aromatic nitrogens is 1. The molecule has 1 amide bonds. The average Bonchev–Trinajstić information content (AvgIpc) is 3.36. The van der Waals surface area contributed by atoms with E-state index in [0.29, 0.717) is 22.1 Å². The second-order valence-corrected chi connectivity index (χ2v) is 9.45. The highest BCUT2D eigenvalue weighted by molar-refractivity contribution is 7.89. The molecule has 0 spiro atoms. The second-order valence-electron chi connectivity index (χ2n) is 6.43. The van der Waals surface area contributed by atoms with Crippen molar-refractivity contribution in [3.05, 3.63) is 59.0 Å². The lowest BCUT2D eigenvalue weighted by molar-refractivity contribution is -0.274. The summed E-state index contributed by atoms with van der Waals surface area (Å²) in [7, 11) is -3.94. The predicted molar refractivity (Wildman–Crippen MR) is 103 cm³/mol. The molecule has 31 heavy (non-hydrogen) atoms. The van der Waals surface area contributed by atoms with Crippen LogP contribution in [0.5, 0.6) is 5.75 Å². The van der Waals surface area contributed by atoms with Gasteiger partial charge in [-0.1, -0.05) is 0 Å². The van der Waals surface area contributed by atoms with Crippen LogP contribution in [0.4, 0.5) is 18.3 Å². The van der Waals surface area contributed by atoms with E-state index in [0.717, 1.165) is 35.6 Å². The Morgan fingerprint density at radius 3 is 2.61 bits per heavy atom. The summed E-state index contributed by atoms with van der Waals surface area (Å²) in [6, 6.07) is 7.10. The van der Waals surface area contributed by atoms with Crippen LogP contribution < -0.4 is 10.1 Å². The molecule has 0 unspecified atom stereocenters. The molecule has 2 aromatic heterocycles. The van der Waals surface area contributed by atoms with Crippen molar-refractivity contribution in [2.75, 3.05) is 11.9 Å². The highest BCUT2D eigenvalue weighted by Crippen LogP contribution is 2.32. The molecule has 3 heterocycles. The lowest BCUT2D eigenvalue weighted by Crippen LogP contribution is -2.35. The minimum atomic E-state index is -4.86. The number of carbonyl (C=O) groups is 1. The zero-order valence-electron chi connectivity index (χ0n) is 15.5. The minimum absolute atomic E-state index is 0.0345. The number of benzene rings is 1. The molecule has 13 heteroatoms. The summed E-state index contributed by atoms with van der Waals surface area (Å²) >= 11 is 1.15. The molecular weight excluding hydrogens is 459 g/mol. The fourth-order valence-electron chi connectivity index (χ4n) is 2.96. The molecule has 0 aliphatic carbocycles. The van der Waals surface area contributed by atoms with Gasteiger partial charge in [-0.05, 0) is 36.4 Å². The molecule has 0 fully saturated rings. The molecular formula is C18H14F3N3O5S2. The number of hydrogen-bond acceptors (Lipinski definition) is 7. The number of amides is 1. The van der Waals surface area contributed by atoms with Gasteiger partial charge in [-0.15, -0.1) is 24.5 Å². The van der Waals surface area contributed by atoms with Gasteiger partial charge in [0.05, 0.1) is 23.4 Å². The van der Waals surface area contributed by atoms with Gasteiger partial charge < -0.3 is 9.15 Å². The molecule has 0 atom stereocenters. The quantitative estimate of drug-likeness (QED) is 0.607. The van der Waals surface area contributed by atoms with E-state index in [2.05, 4.69) is 15.0 Å². The van der Waals surface area contributed by atoms with Crippen LogP contribution in [-0.4, -0.2) is 36.5 Å². The second kappa shape index (κ2) is 7.98. The number of carbonyl (C=O) groups excluding carboxylic acids is 1. The first-order valence-corrected chi connectivity index (χ1v) is 11.1. The molecule has 0 bridgehead atoms. The molecule has 4 rings (SSSR count). The van der Waals surface area contributed by atoms with Crippen molar-refractivity contribution in [2.45, 2.75) is 24.2 Å². The summed E-state index contributed by atoms with van der Waals surface area (Å²) in [5, 5.41) is 2.93. The maximum Gasteiger partial charge on any atom is 0.573 e. The summed E-state index contributed by atoms with van der Waals surface area (Å²) in [5.41, 5.74) is 0.681. The maximum atomic E-state index is 12.9. The first-order valence-electron chi connectivity index (χ1n) is 8.81. The molecule has 3 aromatic rings. The van der Waals surface area contributed by atoms with Gasteiger partial charge in [0.1, 0.15) is 5.75 Å². The van der Waals surface area contributed by atoms with Gasteiger partial charge >= 0.3 is 6.36 Å². The van der Waals surface area contributed by atoms with E-state index in [9.17, 15) is 26.4 Å². The first-order chi connectivity index (χ1) is 14.6. The van der Waals surface area contributed by atoms with Crippen LogP contribution in [0.2, 0.25) is 0 Å². The van der Waals surface area contributed by atoms with Gasteiger partial charge in [0.15, 0.2) is 10.9 Å². The van der Waals surface area contributed by atoms with Crippen LogP contribution in [0, 0.1) is 0 Å². The van der Waals surface area contributed by atoms with Crippen molar-refractivity contribution in [1.82, 2.24) is 9.29 Å². The van der Waals surface area contributed by atoms with Gasteiger partial charge in [0.25, 0.3) is 5.91 Å². The third kappa shape index (κ3) is 4.73. The van der Waals surface area contributed by atoms with Crippen LogP contribution in [0.1, 0.15) is 21.1 Å². The predicted octanol–water partition coefficient (Wildman–Crippen LogP) is 3.63. The number of alkyl halides is 3. The van der Waals surface area contributed by atoms with Crippen LogP contribution in [0.25, 0.3) is 0 Å². The molecule has 1 N–H and O–H groups in total. The number of sulfonamides is 1. The van der Waals surface area contributed by atoms with E-state index in [1.54, 1.807) is 6.07 Å². The largest absolute Gasteiger partial charge is 0.573 e. The Hall–Kier alpha value is -2.90. The normalized spacial score (nSPS) is 14.8. The van der Waals surface area contributed by atoms with Crippen molar-refractivity contribution in [3.8, 4) is 5.75 Å². The van der Waals surface area contributed by atoms with E-state index >= 15 is 0 Å². The van der Waals surface area contributed by atoms with Crippen molar-refractivity contribution in [1.29, 1.82) is 0 Å². The fourth-order valence-corrected chi connectivity index (χ4v) is 5.47. The number of nitrogens with zero attached hydrogens (tertiary/aromatic N) is 2. The summed E-state index contributed by atoms with van der Waals surface area (Å²) < 4.78 is 72.6. The van der Waals surface area contributed by atoms with Crippen LogP contribution in [-0.2, 0) is 23.0 Å². The van der Waals surface area contributed by atoms with E-state index in [1.165, 1.54) is 16.6 Å². The van der Waals surface area contributed by atoms with Crippen LogP contribution >= 0.6 is 11.3 Å². The summed E-state index contributed by atoms with van der Waals surface area (Å²) in [5.74, 6) is -0.858. The molecule has 164 valence electrons. The topological polar surface area (TPSA) is 102 Å². The molecule has 1 aliphatic rings. The Balaban J connectivity index is 1.47. The molecule has 0 saturated heterocycles. The number of ether oxygens (including phenoxy) is 1. The van der Waals surface area contributed by atoms with Gasteiger partial charge in [0, 0.05) is 17.8 Å². The zero-order chi connectivity index (χ0) is 22.2. The zero-order valence-corrected chi connectivity index (χ0v) is 17.2. The summed E-state index contributed by atoms with van der Waals surface area (Å²) in [6.07, 6.45) is -3.16. The van der Waals surface area contributed by atoms with Crippen molar-refractivity contribution in [3.63, 3.8) is 0 Å².